The van der Waals surface area contributed by atoms with Crippen LogP contribution in [-0.4, -0.2) is 42.2 Å². The summed E-state index contributed by atoms with van der Waals surface area (Å²) in [5, 5.41) is 61.3. The van der Waals surface area contributed by atoms with Crippen LogP contribution in [0.3, 0.4) is 0 Å². The summed E-state index contributed by atoms with van der Waals surface area (Å²) in [6.45, 7) is 3.72. The number of aliphatic hydroxyl groups is 3. The second-order valence-electron chi connectivity index (χ2n) is 6.91. The summed E-state index contributed by atoms with van der Waals surface area (Å²) in [4.78, 5) is 12.6. The molecule has 8 nitrogen and oxygen atoms in total. The molecular formula is C20H20O8. The maximum absolute atomic E-state index is 12.6. The van der Waals surface area contributed by atoms with Gasteiger partial charge in [-0.2, -0.15) is 0 Å². The number of carbonyl (C=O) groups excluding carboxylic acids is 1. The van der Waals surface area contributed by atoms with E-state index >= 15 is 0 Å². The van der Waals surface area contributed by atoms with E-state index in [0.717, 1.165) is 17.7 Å². The molecule has 1 unspecified atom stereocenters. The fourth-order valence-electron chi connectivity index (χ4n) is 2.99. The average Bonchev–Trinajstić information content (AvgIpc) is 2.58. The first kappa shape index (κ1) is 19.7. The lowest BCUT2D eigenvalue weighted by molar-refractivity contribution is -0.328. The van der Waals surface area contributed by atoms with Crippen LogP contribution in [0.1, 0.15) is 35.3 Å². The third-order valence-electron chi connectivity index (χ3n) is 4.54. The number of phenols is 3. The Morgan fingerprint density at radius 1 is 1.04 bits per heavy atom. The monoisotopic (exact) mass is 388 g/mol. The zero-order chi connectivity index (χ0) is 20.9. The number of hydrogen-bond acceptors (Lipinski definition) is 8. The molecule has 8 heteroatoms. The number of rotatable bonds is 3. The van der Waals surface area contributed by atoms with Crippen molar-refractivity contribution in [1.82, 2.24) is 0 Å². The largest absolute Gasteiger partial charge is 0.508 e. The number of phenolic OH excluding ortho intramolecular Hbond substituents is 3. The fourth-order valence-corrected chi connectivity index (χ4v) is 2.99. The number of benzene rings is 2. The first-order valence-electron chi connectivity index (χ1n) is 8.40. The standard InChI is InChI=1S/C20H20O8/c1-10(2)3-4-11-7-12(5-6-14(11)22)20(27)19(25,26)18(24)17-15(23)8-13(21)9-16(17)28-20/h3,5-9,21-23,25-27H,4H2,1-2H3. The molecule has 0 bridgehead atoms. The Morgan fingerprint density at radius 2 is 1.71 bits per heavy atom. The van der Waals surface area contributed by atoms with Gasteiger partial charge in [0.05, 0.1) is 0 Å². The van der Waals surface area contributed by atoms with Crippen molar-refractivity contribution in [3.63, 3.8) is 0 Å². The lowest BCUT2D eigenvalue weighted by atomic mass is 9.86. The summed E-state index contributed by atoms with van der Waals surface area (Å²) in [6.07, 6.45) is 2.10. The Kier molecular flexibility index (Phi) is 4.58. The Bertz CT molecular complexity index is 988. The second kappa shape index (κ2) is 6.52. The van der Waals surface area contributed by atoms with Gasteiger partial charge in [0.15, 0.2) is 0 Å². The molecule has 0 spiro atoms. The predicted octanol–water partition coefficient (Wildman–Crippen LogP) is 1.41. The normalized spacial score (nSPS) is 20.2. The second-order valence-corrected chi connectivity index (χ2v) is 6.91. The highest BCUT2D eigenvalue weighted by atomic mass is 16.7. The summed E-state index contributed by atoms with van der Waals surface area (Å²) in [5.74, 6) is -9.52. The molecule has 0 saturated carbocycles. The molecule has 2 aromatic carbocycles. The zero-order valence-electron chi connectivity index (χ0n) is 15.2. The van der Waals surface area contributed by atoms with E-state index in [1.54, 1.807) is 0 Å². The van der Waals surface area contributed by atoms with Gasteiger partial charge in [-0.25, -0.2) is 0 Å². The van der Waals surface area contributed by atoms with E-state index < -0.39 is 40.2 Å². The van der Waals surface area contributed by atoms with Crippen molar-refractivity contribution in [3.05, 3.63) is 58.7 Å². The predicted molar refractivity (Wildman–Crippen MR) is 97.0 cm³/mol. The molecule has 0 aromatic heterocycles. The number of carbonyl (C=O) groups is 1. The Hall–Kier alpha value is -3.07. The van der Waals surface area contributed by atoms with Crippen LogP contribution in [0.2, 0.25) is 0 Å². The number of fused-ring (bicyclic) bond motifs is 1. The van der Waals surface area contributed by atoms with Crippen LogP contribution in [0, 0.1) is 0 Å². The quantitative estimate of drug-likeness (QED) is 0.342. The van der Waals surface area contributed by atoms with E-state index in [4.69, 9.17) is 4.74 Å². The number of Topliss-reactive ketones (excluding diaryl/α,β-unsaturated/α-hetero) is 1. The van der Waals surface area contributed by atoms with Gasteiger partial charge in [0.1, 0.15) is 28.6 Å². The van der Waals surface area contributed by atoms with Gasteiger partial charge in [-0.15, -0.1) is 0 Å². The summed E-state index contributed by atoms with van der Waals surface area (Å²) >= 11 is 0. The topological polar surface area (TPSA) is 148 Å². The average molecular weight is 388 g/mol. The van der Waals surface area contributed by atoms with E-state index in [2.05, 4.69) is 0 Å². The first-order chi connectivity index (χ1) is 13.0. The van der Waals surface area contributed by atoms with Crippen molar-refractivity contribution in [2.45, 2.75) is 31.8 Å². The number of allylic oxidation sites excluding steroid dienone is 2. The third kappa shape index (κ3) is 2.97. The number of ether oxygens (including phenoxy) is 1. The Balaban J connectivity index is 2.16. The van der Waals surface area contributed by atoms with Crippen molar-refractivity contribution in [2.24, 2.45) is 0 Å². The molecule has 1 heterocycles. The minimum absolute atomic E-state index is 0.0934. The molecule has 0 fully saturated rings. The molecule has 28 heavy (non-hydrogen) atoms. The number of ketones is 1. The maximum atomic E-state index is 12.6. The summed E-state index contributed by atoms with van der Waals surface area (Å²) < 4.78 is 5.29. The van der Waals surface area contributed by atoms with Crippen LogP contribution in [0.25, 0.3) is 0 Å². The maximum Gasteiger partial charge on any atom is 0.301 e. The van der Waals surface area contributed by atoms with Gasteiger partial charge in [0.2, 0.25) is 5.78 Å². The zero-order valence-corrected chi connectivity index (χ0v) is 15.2. The molecule has 2 aromatic rings. The lowest BCUT2D eigenvalue weighted by Gasteiger charge is -2.42. The van der Waals surface area contributed by atoms with Crippen LogP contribution in [0.5, 0.6) is 23.0 Å². The summed E-state index contributed by atoms with van der Waals surface area (Å²) in [5.41, 5.74) is 0.528. The smallest absolute Gasteiger partial charge is 0.301 e. The van der Waals surface area contributed by atoms with Crippen LogP contribution in [0.15, 0.2) is 42.0 Å². The van der Waals surface area contributed by atoms with Gasteiger partial charge in [-0.1, -0.05) is 11.6 Å². The van der Waals surface area contributed by atoms with Gasteiger partial charge in [-0.05, 0) is 44.0 Å². The molecule has 6 N–H and O–H groups in total. The summed E-state index contributed by atoms with van der Waals surface area (Å²) in [6, 6.07) is 5.46. The van der Waals surface area contributed by atoms with E-state index in [1.165, 1.54) is 18.2 Å². The van der Waals surface area contributed by atoms with Gasteiger partial charge >= 0.3 is 5.79 Å². The van der Waals surface area contributed by atoms with Crippen LogP contribution < -0.4 is 4.74 Å². The minimum Gasteiger partial charge on any atom is -0.508 e. The van der Waals surface area contributed by atoms with Gasteiger partial charge in [0.25, 0.3) is 5.79 Å². The van der Waals surface area contributed by atoms with E-state index in [1.807, 2.05) is 19.9 Å². The van der Waals surface area contributed by atoms with Gasteiger partial charge in [0, 0.05) is 17.7 Å². The molecule has 0 aliphatic carbocycles. The molecule has 0 saturated heterocycles. The molecule has 3 rings (SSSR count). The Labute approximate surface area is 160 Å². The van der Waals surface area contributed by atoms with E-state index in [9.17, 15) is 35.4 Å². The van der Waals surface area contributed by atoms with Crippen LogP contribution in [0.4, 0.5) is 0 Å². The third-order valence-corrected chi connectivity index (χ3v) is 4.54. The van der Waals surface area contributed by atoms with Crippen LogP contribution >= 0.6 is 0 Å². The van der Waals surface area contributed by atoms with Gasteiger partial charge < -0.3 is 35.4 Å². The fraction of sp³-hybridized carbons (Fsp3) is 0.250. The number of hydrogen-bond donors (Lipinski definition) is 6. The SMILES string of the molecule is CC(C)=CCc1cc(C2(O)Oc3cc(O)cc(O)c3C(=O)C2(O)O)ccc1O. The van der Waals surface area contributed by atoms with Crippen molar-refractivity contribution >= 4 is 5.78 Å². The van der Waals surface area contributed by atoms with Crippen molar-refractivity contribution in [1.29, 1.82) is 0 Å². The number of aromatic hydroxyl groups is 3. The highest BCUT2D eigenvalue weighted by Crippen LogP contribution is 2.47. The highest BCUT2D eigenvalue weighted by molar-refractivity contribution is 6.07. The minimum atomic E-state index is -3.45. The molecule has 0 amide bonds. The lowest BCUT2D eigenvalue weighted by Crippen LogP contribution is -2.62. The molecule has 1 atom stereocenters. The van der Waals surface area contributed by atoms with Crippen LogP contribution in [-0.2, 0) is 12.2 Å². The molecule has 148 valence electrons. The van der Waals surface area contributed by atoms with Gasteiger partial charge in [-0.3, -0.25) is 4.79 Å². The molecule has 0 radical (unpaired) electrons. The van der Waals surface area contributed by atoms with E-state index in [0.29, 0.717) is 5.56 Å². The summed E-state index contributed by atoms with van der Waals surface area (Å²) in [7, 11) is 0. The van der Waals surface area contributed by atoms with Crippen molar-refractivity contribution < 1.29 is 40.2 Å². The highest BCUT2D eigenvalue weighted by Gasteiger charge is 2.62. The van der Waals surface area contributed by atoms with Crippen molar-refractivity contribution in [3.8, 4) is 23.0 Å². The first-order valence-corrected chi connectivity index (χ1v) is 8.40. The molecule has 1 aliphatic heterocycles. The Morgan fingerprint density at radius 3 is 2.36 bits per heavy atom. The molecular weight excluding hydrogens is 368 g/mol. The van der Waals surface area contributed by atoms with Crippen molar-refractivity contribution in [2.75, 3.05) is 0 Å². The van der Waals surface area contributed by atoms with E-state index in [-0.39, 0.29) is 17.7 Å². The molecule has 1 aliphatic rings.